The predicted molar refractivity (Wildman–Crippen MR) is 103 cm³/mol. The van der Waals surface area contributed by atoms with E-state index in [-0.39, 0.29) is 17.7 Å². The molecule has 6 nitrogen and oxygen atoms in total. The number of para-hydroxylation sites is 1. The van der Waals surface area contributed by atoms with E-state index in [0.29, 0.717) is 18.9 Å². The monoisotopic (exact) mass is 366 g/mol. The minimum absolute atomic E-state index is 0.0463. The Morgan fingerprint density at radius 3 is 2.59 bits per heavy atom. The normalized spacial score (nSPS) is 21.1. The van der Waals surface area contributed by atoms with Gasteiger partial charge in [0.15, 0.2) is 0 Å². The predicted octanol–water partition coefficient (Wildman–Crippen LogP) is 2.48. The van der Waals surface area contributed by atoms with Crippen molar-refractivity contribution in [2.75, 3.05) is 24.5 Å². The molecule has 1 aromatic heterocycles. The average Bonchev–Trinajstić information content (AvgIpc) is 3.28. The summed E-state index contributed by atoms with van der Waals surface area (Å²) in [4.78, 5) is 33.3. The summed E-state index contributed by atoms with van der Waals surface area (Å²) in [5.74, 6) is 1.58. The van der Waals surface area contributed by atoms with E-state index in [1.165, 1.54) is 0 Å². The van der Waals surface area contributed by atoms with Gasteiger partial charge < -0.3 is 14.4 Å². The van der Waals surface area contributed by atoms with Crippen molar-refractivity contribution in [3.05, 3.63) is 48.5 Å². The Hall–Kier alpha value is -2.63. The van der Waals surface area contributed by atoms with Crippen LogP contribution in [-0.2, 0) is 16.1 Å². The highest BCUT2D eigenvalue weighted by molar-refractivity contribution is 6.00. The molecule has 2 aliphatic heterocycles. The molecule has 4 rings (SSSR count). The van der Waals surface area contributed by atoms with Gasteiger partial charge in [-0.1, -0.05) is 18.2 Å². The molecule has 1 aromatic carbocycles. The first kappa shape index (κ1) is 17.8. The fourth-order valence-electron chi connectivity index (χ4n) is 4.20. The van der Waals surface area contributed by atoms with Crippen LogP contribution in [0.5, 0.6) is 0 Å². The molecular weight excluding hydrogens is 340 g/mol. The lowest BCUT2D eigenvalue weighted by Crippen LogP contribution is -2.43. The molecule has 0 radical (unpaired) electrons. The van der Waals surface area contributed by atoms with Gasteiger partial charge in [-0.25, -0.2) is 4.98 Å². The van der Waals surface area contributed by atoms with E-state index in [4.69, 9.17) is 0 Å². The number of aromatic nitrogens is 2. The van der Waals surface area contributed by atoms with Crippen molar-refractivity contribution >= 4 is 17.5 Å². The molecule has 2 aromatic rings. The lowest BCUT2D eigenvalue weighted by Gasteiger charge is -2.33. The molecule has 27 heavy (non-hydrogen) atoms. The third kappa shape index (κ3) is 3.75. The van der Waals surface area contributed by atoms with Gasteiger partial charge in [-0.15, -0.1) is 0 Å². The number of likely N-dealkylation sites (tertiary alicyclic amines) is 1. The first-order valence-electron chi connectivity index (χ1n) is 9.74. The zero-order valence-electron chi connectivity index (χ0n) is 15.8. The molecule has 2 saturated heterocycles. The Morgan fingerprint density at radius 2 is 1.93 bits per heavy atom. The van der Waals surface area contributed by atoms with Gasteiger partial charge in [0.1, 0.15) is 5.82 Å². The summed E-state index contributed by atoms with van der Waals surface area (Å²) in [5, 5.41) is 0. The number of carbonyl (C=O) groups excluding carboxylic acids is 2. The van der Waals surface area contributed by atoms with E-state index in [1.807, 2.05) is 54.5 Å². The van der Waals surface area contributed by atoms with Gasteiger partial charge in [0.05, 0.1) is 5.92 Å². The number of hydrogen-bond donors (Lipinski definition) is 0. The third-order valence-electron chi connectivity index (χ3n) is 5.85. The molecule has 1 atom stereocenters. The minimum atomic E-state index is -0.217. The van der Waals surface area contributed by atoms with Crippen molar-refractivity contribution in [1.82, 2.24) is 14.5 Å². The lowest BCUT2D eigenvalue weighted by molar-refractivity contribution is -0.137. The van der Waals surface area contributed by atoms with E-state index in [2.05, 4.69) is 9.55 Å². The maximum Gasteiger partial charge on any atom is 0.228 e. The van der Waals surface area contributed by atoms with Crippen LogP contribution < -0.4 is 4.90 Å². The van der Waals surface area contributed by atoms with Crippen molar-refractivity contribution in [3.63, 3.8) is 0 Å². The molecule has 3 heterocycles. The highest BCUT2D eigenvalue weighted by Crippen LogP contribution is 2.28. The minimum Gasteiger partial charge on any atom is -0.342 e. The Bertz CT molecular complexity index is 809. The number of anilines is 1. The molecule has 0 saturated carbocycles. The Kier molecular flexibility index (Phi) is 4.97. The molecule has 0 spiro atoms. The SMILES string of the molecule is Cc1nccn1CC1CCN(C(=O)C2CC(=O)N(c3ccccc3)C2)CC1. The maximum atomic E-state index is 12.9. The van der Waals surface area contributed by atoms with Crippen molar-refractivity contribution in [3.8, 4) is 0 Å². The summed E-state index contributed by atoms with van der Waals surface area (Å²) in [6, 6.07) is 9.62. The number of imidazole rings is 1. The summed E-state index contributed by atoms with van der Waals surface area (Å²) in [6.45, 7) is 5.06. The molecule has 2 amide bonds. The van der Waals surface area contributed by atoms with Crippen molar-refractivity contribution in [2.45, 2.75) is 32.7 Å². The molecular formula is C21H26N4O2. The largest absolute Gasteiger partial charge is 0.342 e. The Balaban J connectivity index is 1.32. The van der Waals surface area contributed by atoms with E-state index < -0.39 is 0 Å². The quantitative estimate of drug-likeness (QED) is 0.835. The van der Waals surface area contributed by atoms with Crippen LogP contribution in [0.3, 0.4) is 0 Å². The summed E-state index contributed by atoms with van der Waals surface area (Å²) >= 11 is 0. The topological polar surface area (TPSA) is 58.4 Å². The Labute approximate surface area is 159 Å². The van der Waals surface area contributed by atoms with Crippen LogP contribution >= 0.6 is 0 Å². The number of aryl methyl sites for hydroxylation is 1. The standard InChI is InChI=1S/C21H26N4O2/c1-16-22-9-12-24(16)14-17-7-10-23(11-8-17)21(27)18-13-20(26)25(15-18)19-5-3-2-4-6-19/h2-6,9,12,17-18H,7-8,10-11,13-15H2,1H3. The van der Waals surface area contributed by atoms with Crippen molar-refractivity contribution in [1.29, 1.82) is 0 Å². The van der Waals surface area contributed by atoms with Crippen LogP contribution in [0.2, 0.25) is 0 Å². The molecule has 6 heteroatoms. The first-order valence-corrected chi connectivity index (χ1v) is 9.74. The summed E-state index contributed by atoms with van der Waals surface area (Å²) in [7, 11) is 0. The third-order valence-corrected chi connectivity index (χ3v) is 5.85. The molecule has 2 fully saturated rings. The zero-order chi connectivity index (χ0) is 18.8. The van der Waals surface area contributed by atoms with E-state index in [9.17, 15) is 9.59 Å². The number of piperidine rings is 1. The van der Waals surface area contributed by atoms with E-state index >= 15 is 0 Å². The number of amides is 2. The van der Waals surface area contributed by atoms with Crippen LogP contribution in [0.15, 0.2) is 42.7 Å². The second kappa shape index (κ2) is 7.55. The summed E-state index contributed by atoms with van der Waals surface area (Å²) < 4.78 is 2.19. The fraction of sp³-hybridized carbons (Fsp3) is 0.476. The van der Waals surface area contributed by atoms with Crippen LogP contribution in [0.25, 0.3) is 0 Å². The highest BCUT2D eigenvalue weighted by atomic mass is 16.2. The van der Waals surface area contributed by atoms with Crippen molar-refractivity contribution in [2.24, 2.45) is 11.8 Å². The van der Waals surface area contributed by atoms with Gasteiger partial charge in [-0.05, 0) is 37.8 Å². The highest BCUT2D eigenvalue weighted by Gasteiger charge is 2.38. The van der Waals surface area contributed by atoms with Gasteiger partial charge in [-0.3, -0.25) is 9.59 Å². The maximum absolute atomic E-state index is 12.9. The van der Waals surface area contributed by atoms with Gasteiger partial charge in [0, 0.05) is 50.7 Å². The number of carbonyl (C=O) groups is 2. The Morgan fingerprint density at radius 1 is 1.19 bits per heavy atom. The fourth-order valence-corrected chi connectivity index (χ4v) is 4.20. The van der Waals surface area contributed by atoms with Crippen LogP contribution in [0.1, 0.15) is 25.1 Å². The second-order valence-electron chi connectivity index (χ2n) is 7.64. The summed E-state index contributed by atoms with van der Waals surface area (Å²) in [6.07, 6.45) is 6.19. The zero-order valence-corrected chi connectivity index (χ0v) is 15.8. The molecule has 0 aliphatic carbocycles. The van der Waals surface area contributed by atoms with E-state index in [1.54, 1.807) is 4.90 Å². The van der Waals surface area contributed by atoms with Gasteiger partial charge in [-0.2, -0.15) is 0 Å². The number of benzene rings is 1. The molecule has 1 unspecified atom stereocenters. The number of hydrogen-bond acceptors (Lipinski definition) is 3. The number of nitrogens with zero attached hydrogens (tertiary/aromatic N) is 4. The van der Waals surface area contributed by atoms with Gasteiger partial charge in [0.25, 0.3) is 0 Å². The van der Waals surface area contributed by atoms with Crippen molar-refractivity contribution < 1.29 is 9.59 Å². The lowest BCUT2D eigenvalue weighted by atomic mass is 9.95. The van der Waals surface area contributed by atoms with Gasteiger partial charge in [0.2, 0.25) is 11.8 Å². The molecule has 0 bridgehead atoms. The second-order valence-corrected chi connectivity index (χ2v) is 7.64. The van der Waals surface area contributed by atoms with Gasteiger partial charge >= 0.3 is 0 Å². The van der Waals surface area contributed by atoms with Crippen LogP contribution in [0.4, 0.5) is 5.69 Å². The average molecular weight is 366 g/mol. The first-order chi connectivity index (χ1) is 13.1. The smallest absolute Gasteiger partial charge is 0.228 e. The summed E-state index contributed by atoms with van der Waals surface area (Å²) in [5.41, 5.74) is 0.882. The molecule has 0 N–H and O–H groups in total. The molecule has 2 aliphatic rings. The number of rotatable bonds is 4. The van der Waals surface area contributed by atoms with E-state index in [0.717, 1.165) is 44.0 Å². The van der Waals surface area contributed by atoms with Crippen LogP contribution in [0, 0.1) is 18.8 Å². The molecule has 142 valence electrons. The van der Waals surface area contributed by atoms with Crippen LogP contribution in [-0.4, -0.2) is 45.9 Å².